The minimum atomic E-state index is -0.258. The van der Waals surface area contributed by atoms with Gasteiger partial charge in [0.1, 0.15) is 12.1 Å². The van der Waals surface area contributed by atoms with Crippen LogP contribution < -0.4 is 0 Å². The van der Waals surface area contributed by atoms with Crippen molar-refractivity contribution in [3.05, 3.63) is 82.7 Å². The lowest BCUT2D eigenvalue weighted by molar-refractivity contribution is 0.150. The van der Waals surface area contributed by atoms with Gasteiger partial charge in [0.2, 0.25) is 10.8 Å². The molecule has 5 rings (SSSR count). The van der Waals surface area contributed by atoms with Crippen molar-refractivity contribution in [1.82, 2.24) is 19.5 Å². The van der Waals surface area contributed by atoms with Crippen molar-refractivity contribution < 1.29 is 9.50 Å². The Kier molecular flexibility index (Phi) is 5.23. The molecule has 3 heterocycles. The molecule has 1 N–H and O–H groups in total. The number of thiazole rings is 1. The number of rotatable bonds is 5. The first kappa shape index (κ1) is 19.2. The van der Waals surface area contributed by atoms with Gasteiger partial charge < -0.3 is 5.11 Å². The van der Waals surface area contributed by atoms with Crippen LogP contribution in [0, 0.1) is 11.7 Å². The summed E-state index contributed by atoms with van der Waals surface area (Å²) in [6.07, 6.45) is 4.72. The molecule has 1 aliphatic heterocycles. The third kappa shape index (κ3) is 3.70. The number of aromatic nitrogens is 3. The molecule has 5 nitrogen and oxygen atoms in total. The Hall–Kier alpha value is -2.77. The summed E-state index contributed by atoms with van der Waals surface area (Å²) in [4.78, 5) is 8.08. The standard InChI is InChI=1S/C23H23FN4OS/c24-19-8-6-18(7-9-19)20(21-22(29)28-23(30-21)25-15-26-28)27-12-10-17(11-13-27)14-16-4-2-1-3-5-16/h1-9,15,17,20,29H,10-14H2/t20-/m1/s1. The number of aromatic hydroxyl groups is 1. The van der Waals surface area contributed by atoms with Gasteiger partial charge in [0, 0.05) is 0 Å². The number of hydrogen-bond acceptors (Lipinski definition) is 5. The summed E-state index contributed by atoms with van der Waals surface area (Å²) < 4.78 is 15.0. The van der Waals surface area contributed by atoms with Crippen molar-refractivity contribution in [1.29, 1.82) is 0 Å². The van der Waals surface area contributed by atoms with Gasteiger partial charge in [0.25, 0.3) is 0 Å². The van der Waals surface area contributed by atoms with Crippen molar-refractivity contribution in [2.75, 3.05) is 13.1 Å². The van der Waals surface area contributed by atoms with Crippen molar-refractivity contribution >= 4 is 16.3 Å². The van der Waals surface area contributed by atoms with E-state index in [9.17, 15) is 9.50 Å². The molecular weight excluding hydrogens is 399 g/mol. The predicted molar refractivity (Wildman–Crippen MR) is 115 cm³/mol. The van der Waals surface area contributed by atoms with E-state index in [2.05, 4.69) is 45.3 Å². The molecule has 1 fully saturated rings. The fraction of sp³-hybridized carbons (Fsp3) is 0.304. The van der Waals surface area contributed by atoms with Crippen molar-refractivity contribution in [3.63, 3.8) is 0 Å². The highest BCUT2D eigenvalue weighted by molar-refractivity contribution is 7.17. The third-order valence-electron chi connectivity index (χ3n) is 5.95. The molecule has 0 saturated carbocycles. The van der Waals surface area contributed by atoms with Crippen LogP contribution in [-0.2, 0) is 6.42 Å². The number of benzene rings is 2. The Morgan fingerprint density at radius 1 is 1.07 bits per heavy atom. The first-order valence-corrected chi connectivity index (χ1v) is 11.1. The van der Waals surface area contributed by atoms with E-state index in [-0.39, 0.29) is 17.7 Å². The van der Waals surface area contributed by atoms with Gasteiger partial charge in [-0.3, -0.25) is 4.90 Å². The van der Waals surface area contributed by atoms with Crippen LogP contribution in [0.3, 0.4) is 0 Å². The largest absolute Gasteiger partial charge is 0.492 e. The Labute approximate surface area is 178 Å². The fourth-order valence-corrected chi connectivity index (χ4v) is 5.50. The zero-order valence-corrected chi connectivity index (χ0v) is 17.3. The second-order valence-electron chi connectivity index (χ2n) is 7.87. The molecule has 0 aliphatic carbocycles. The van der Waals surface area contributed by atoms with Crippen LogP contribution in [0.5, 0.6) is 5.88 Å². The highest BCUT2D eigenvalue weighted by Crippen LogP contribution is 2.41. The molecule has 2 aromatic carbocycles. The summed E-state index contributed by atoms with van der Waals surface area (Å²) in [7, 11) is 0. The average molecular weight is 423 g/mol. The van der Waals surface area contributed by atoms with Crippen molar-refractivity contribution in [2.45, 2.75) is 25.3 Å². The third-order valence-corrected chi connectivity index (χ3v) is 7.04. The van der Waals surface area contributed by atoms with Gasteiger partial charge in [-0.15, -0.1) is 0 Å². The summed E-state index contributed by atoms with van der Waals surface area (Å²) in [5, 5.41) is 14.9. The lowest BCUT2D eigenvalue weighted by Crippen LogP contribution is -2.37. The molecule has 1 atom stereocenters. The average Bonchev–Trinajstić information content (AvgIpc) is 3.35. The van der Waals surface area contributed by atoms with Gasteiger partial charge in [0.05, 0.1) is 10.9 Å². The lowest BCUT2D eigenvalue weighted by Gasteiger charge is -2.37. The number of piperidine rings is 1. The van der Waals surface area contributed by atoms with Crippen molar-refractivity contribution in [3.8, 4) is 5.88 Å². The summed E-state index contributed by atoms with van der Waals surface area (Å²) in [5.74, 6) is 0.507. The quantitative estimate of drug-likeness (QED) is 0.507. The molecule has 0 unspecified atom stereocenters. The molecule has 0 bridgehead atoms. The van der Waals surface area contributed by atoms with Crippen LogP contribution in [0.4, 0.5) is 4.39 Å². The van der Waals surface area contributed by atoms with E-state index < -0.39 is 0 Å². The topological polar surface area (TPSA) is 53.7 Å². The molecule has 4 aromatic rings. The van der Waals surface area contributed by atoms with E-state index in [4.69, 9.17) is 0 Å². The first-order chi connectivity index (χ1) is 14.7. The Morgan fingerprint density at radius 3 is 2.50 bits per heavy atom. The minimum absolute atomic E-state index is 0.119. The lowest BCUT2D eigenvalue weighted by atomic mass is 9.89. The number of likely N-dealkylation sites (tertiary alicyclic amines) is 1. The Morgan fingerprint density at radius 2 is 1.80 bits per heavy atom. The zero-order chi connectivity index (χ0) is 20.5. The summed E-state index contributed by atoms with van der Waals surface area (Å²) in [6.45, 7) is 1.85. The monoisotopic (exact) mass is 422 g/mol. The Balaban J connectivity index is 1.40. The normalized spacial score (nSPS) is 16.8. The second-order valence-corrected chi connectivity index (χ2v) is 8.88. The van der Waals surface area contributed by atoms with Gasteiger partial charge in [-0.1, -0.05) is 53.8 Å². The van der Waals surface area contributed by atoms with E-state index in [0.717, 1.165) is 42.8 Å². The summed E-state index contributed by atoms with van der Waals surface area (Å²) in [5.41, 5.74) is 2.35. The van der Waals surface area contributed by atoms with Crippen LogP contribution in [0.2, 0.25) is 0 Å². The van der Waals surface area contributed by atoms with E-state index in [1.54, 1.807) is 0 Å². The summed E-state index contributed by atoms with van der Waals surface area (Å²) in [6, 6.07) is 17.1. The molecule has 30 heavy (non-hydrogen) atoms. The van der Waals surface area contributed by atoms with E-state index >= 15 is 0 Å². The molecule has 7 heteroatoms. The molecule has 0 amide bonds. The minimum Gasteiger partial charge on any atom is -0.492 e. The SMILES string of the molecule is Oc1c([C@@H](c2ccc(F)cc2)N2CCC(Cc3ccccc3)CC2)sc2ncnn12. The number of halogens is 1. The van der Waals surface area contributed by atoms with Gasteiger partial charge in [-0.05, 0) is 61.5 Å². The van der Waals surface area contributed by atoms with E-state index in [0.29, 0.717) is 10.9 Å². The van der Waals surface area contributed by atoms with Gasteiger partial charge in [0.15, 0.2) is 0 Å². The predicted octanol–water partition coefficient (Wildman–Crippen LogP) is 4.68. The van der Waals surface area contributed by atoms with Gasteiger partial charge in [-0.2, -0.15) is 9.61 Å². The maximum Gasteiger partial charge on any atom is 0.230 e. The maximum absolute atomic E-state index is 13.6. The highest BCUT2D eigenvalue weighted by Gasteiger charge is 2.32. The van der Waals surface area contributed by atoms with Crippen LogP contribution in [-0.4, -0.2) is 37.7 Å². The number of hydrogen-bond donors (Lipinski definition) is 1. The molecule has 154 valence electrons. The first-order valence-electron chi connectivity index (χ1n) is 10.2. The molecule has 0 spiro atoms. The highest BCUT2D eigenvalue weighted by atomic mass is 32.1. The van der Waals surface area contributed by atoms with Gasteiger partial charge in [-0.25, -0.2) is 9.37 Å². The van der Waals surface area contributed by atoms with Gasteiger partial charge >= 0.3 is 0 Å². The fourth-order valence-electron chi connectivity index (χ4n) is 4.41. The number of nitrogens with zero attached hydrogens (tertiary/aromatic N) is 4. The van der Waals surface area contributed by atoms with Crippen LogP contribution >= 0.6 is 11.3 Å². The van der Waals surface area contributed by atoms with Crippen LogP contribution in [0.1, 0.15) is 34.9 Å². The van der Waals surface area contributed by atoms with Crippen molar-refractivity contribution in [2.24, 2.45) is 5.92 Å². The Bertz CT molecular complexity index is 1120. The van der Waals surface area contributed by atoms with Crippen LogP contribution in [0.25, 0.3) is 4.96 Å². The van der Waals surface area contributed by atoms with E-state index in [1.165, 1.54) is 39.9 Å². The smallest absolute Gasteiger partial charge is 0.230 e. The molecule has 1 saturated heterocycles. The maximum atomic E-state index is 13.6. The number of fused-ring (bicyclic) bond motifs is 1. The van der Waals surface area contributed by atoms with E-state index in [1.807, 2.05) is 12.1 Å². The molecule has 1 aliphatic rings. The zero-order valence-electron chi connectivity index (χ0n) is 16.5. The molecule has 0 radical (unpaired) electrons. The summed E-state index contributed by atoms with van der Waals surface area (Å²) >= 11 is 1.44. The molecular formula is C23H23FN4OS. The molecule has 2 aromatic heterocycles. The van der Waals surface area contributed by atoms with Crippen LogP contribution in [0.15, 0.2) is 60.9 Å². The second kappa shape index (κ2) is 8.16.